The summed E-state index contributed by atoms with van der Waals surface area (Å²) in [6, 6.07) is 9.91. The minimum absolute atomic E-state index is 0.0157. The van der Waals surface area contributed by atoms with Gasteiger partial charge in [-0.25, -0.2) is 13.4 Å². The molecule has 3 aromatic rings. The number of benzene rings is 2. The van der Waals surface area contributed by atoms with Gasteiger partial charge in [-0.05, 0) is 55.9 Å². The first-order valence-electron chi connectivity index (χ1n) is 11.1. The van der Waals surface area contributed by atoms with E-state index < -0.39 is 42.4 Å². The lowest BCUT2D eigenvalue weighted by Crippen LogP contribution is -2.41. The number of ether oxygens (including phenoxy) is 2. The first kappa shape index (κ1) is 26.3. The number of aliphatic hydroxyl groups is 1. The molecule has 16 heteroatoms. The van der Waals surface area contributed by atoms with Crippen LogP contribution in [0.25, 0.3) is 10.2 Å². The SMILES string of the molecule is CCOc1ccc2c(c1)SC1=NS(=O)(=O)/C(=C(/O)CS(=O)(=O)Nc3nc4cccc(OCC)c4s3)C(=O)N12. The second-order valence-corrected chi connectivity index (χ2v) is 13.1. The van der Waals surface area contributed by atoms with Gasteiger partial charge in [-0.15, -0.1) is 4.40 Å². The molecule has 0 aliphatic carbocycles. The van der Waals surface area contributed by atoms with Gasteiger partial charge in [0.05, 0.1) is 29.1 Å². The molecule has 0 spiro atoms. The van der Waals surface area contributed by atoms with Crippen molar-refractivity contribution in [1.29, 1.82) is 0 Å². The lowest BCUT2D eigenvalue weighted by Gasteiger charge is -2.23. The van der Waals surface area contributed by atoms with Crippen molar-refractivity contribution in [2.75, 3.05) is 28.6 Å². The van der Waals surface area contributed by atoms with Crippen molar-refractivity contribution in [2.45, 2.75) is 18.7 Å². The second-order valence-electron chi connectivity index (χ2n) is 7.85. The van der Waals surface area contributed by atoms with Crippen molar-refractivity contribution in [1.82, 2.24) is 4.98 Å². The van der Waals surface area contributed by atoms with Crippen LogP contribution in [0.2, 0.25) is 0 Å². The van der Waals surface area contributed by atoms with Gasteiger partial charge in [-0.1, -0.05) is 17.4 Å². The predicted octanol–water partition coefficient (Wildman–Crippen LogP) is 3.44. The van der Waals surface area contributed by atoms with Crippen molar-refractivity contribution >= 4 is 75.3 Å². The summed E-state index contributed by atoms with van der Waals surface area (Å²) >= 11 is 1.96. The molecule has 200 valence electrons. The number of aliphatic hydroxyl groups excluding tert-OH is 1. The molecule has 5 rings (SSSR count). The van der Waals surface area contributed by atoms with Crippen LogP contribution in [0.3, 0.4) is 0 Å². The average molecular weight is 597 g/mol. The van der Waals surface area contributed by atoms with Gasteiger partial charge in [-0.3, -0.25) is 14.4 Å². The molecule has 2 N–H and O–H groups in total. The Hall–Kier alpha value is -3.34. The summed E-state index contributed by atoms with van der Waals surface area (Å²) < 4.78 is 68.8. The third kappa shape index (κ3) is 4.79. The fourth-order valence-electron chi connectivity index (χ4n) is 3.80. The topological polar surface area (TPSA) is 165 Å². The number of fused-ring (bicyclic) bond motifs is 4. The number of thiazole rings is 1. The molecule has 3 heterocycles. The summed E-state index contributed by atoms with van der Waals surface area (Å²) in [5.41, 5.74) is 0.828. The third-order valence-corrected chi connectivity index (χ3v) is 9.99. The highest BCUT2D eigenvalue weighted by molar-refractivity contribution is 8.16. The fraction of sp³-hybridized carbons (Fsp3) is 0.227. The first-order chi connectivity index (χ1) is 18.0. The number of thioether (sulfide) groups is 1. The van der Waals surface area contributed by atoms with Gasteiger partial charge in [0.1, 0.15) is 23.0 Å². The highest BCUT2D eigenvalue weighted by Crippen LogP contribution is 2.45. The molecule has 38 heavy (non-hydrogen) atoms. The van der Waals surface area contributed by atoms with Crippen LogP contribution in [0.4, 0.5) is 10.8 Å². The van der Waals surface area contributed by atoms with Crippen LogP contribution in [0.15, 0.2) is 56.4 Å². The number of aromatic nitrogens is 1. The molecule has 1 amide bonds. The summed E-state index contributed by atoms with van der Waals surface area (Å²) in [4.78, 5) is 17.9. The maximum Gasteiger partial charge on any atom is 0.293 e. The van der Waals surface area contributed by atoms with Crippen LogP contribution in [0.5, 0.6) is 11.5 Å². The summed E-state index contributed by atoms with van der Waals surface area (Å²) in [5.74, 6) is -2.41. The average Bonchev–Trinajstić information content (AvgIpc) is 3.38. The van der Waals surface area contributed by atoms with E-state index in [2.05, 4.69) is 14.1 Å². The number of carbonyl (C=O) groups is 1. The van der Waals surface area contributed by atoms with Crippen LogP contribution in [-0.2, 0) is 24.8 Å². The number of amidine groups is 1. The molecule has 0 saturated heterocycles. The number of nitrogens with zero attached hydrogens (tertiary/aromatic N) is 3. The lowest BCUT2D eigenvalue weighted by molar-refractivity contribution is -0.113. The van der Waals surface area contributed by atoms with E-state index in [4.69, 9.17) is 9.47 Å². The molecule has 0 saturated carbocycles. The van der Waals surface area contributed by atoms with Crippen LogP contribution in [-0.4, -0.2) is 57.0 Å². The minimum Gasteiger partial charge on any atom is -0.509 e. The van der Waals surface area contributed by atoms with Crippen molar-refractivity contribution in [3.8, 4) is 11.5 Å². The van der Waals surface area contributed by atoms with Gasteiger partial charge in [0.2, 0.25) is 10.0 Å². The highest BCUT2D eigenvalue weighted by Gasteiger charge is 2.45. The number of sulfonamides is 2. The van der Waals surface area contributed by atoms with Crippen molar-refractivity contribution in [3.05, 3.63) is 47.1 Å². The predicted molar refractivity (Wildman–Crippen MR) is 145 cm³/mol. The van der Waals surface area contributed by atoms with Gasteiger partial charge in [0, 0.05) is 4.90 Å². The second kappa shape index (κ2) is 9.76. The number of hydrogen-bond acceptors (Lipinski definition) is 11. The zero-order valence-electron chi connectivity index (χ0n) is 19.9. The van der Waals surface area contributed by atoms with E-state index in [9.17, 15) is 26.7 Å². The Morgan fingerprint density at radius 2 is 1.92 bits per heavy atom. The minimum atomic E-state index is -4.69. The highest BCUT2D eigenvalue weighted by atomic mass is 32.2. The number of hydrogen-bond donors (Lipinski definition) is 2. The van der Waals surface area contributed by atoms with Gasteiger partial charge in [0.15, 0.2) is 15.2 Å². The fourth-order valence-corrected chi connectivity index (χ4v) is 8.53. The molecule has 0 atom stereocenters. The van der Waals surface area contributed by atoms with Crippen LogP contribution in [0, 0.1) is 0 Å². The first-order valence-corrected chi connectivity index (χ1v) is 15.8. The van der Waals surface area contributed by atoms with Crippen molar-refractivity contribution < 1.29 is 36.2 Å². The number of rotatable bonds is 8. The quantitative estimate of drug-likeness (QED) is 0.291. The molecule has 0 unspecified atom stereocenters. The third-order valence-electron chi connectivity index (χ3n) is 5.24. The summed E-state index contributed by atoms with van der Waals surface area (Å²) in [7, 11) is -9.07. The molecule has 1 aromatic heterocycles. The smallest absolute Gasteiger partial charge is 0.293 e. The summed E-state index contributed by atoms with van der Waals surface area (Å²) in [5, 5.41) is 10.5. The lowest BCUT2D eigenvalue weighted by atomic mass is 10.2. The molecule has 2 aliphatic rings. The molecular weight excluding hydrogens is 577 g/mol. The zero-order valence-corrected chi connectivity index (χ0v) is 23.1. The monoisotopic (exact) mass is 596 g/mol. The normalized spacial score (nSPS) is 17.6. The van der Waals surface area contributed by atoms with E-state index >= 15 is 0 Å². The number of carbonyl (C=O) groups excluding carboxylic acids is 1. The van der Waals surface area contributed by atoms with E-state index in [0.29, 0.717) is 45.5 Å². The molecule has 0 fully saturated rings. The number of amides is 1. The Morgan fingerprint density at radius 3 is 2.66 bits per heavy atom. The van der Waals surface area contributed by atoms with Gasteiger partial charge in [-0.2, -0.15) is 8.42 Å². The Balaban J connectivity index is 1.45. The molecule has 0 bridgehead atoms. The van der Waals surface area contributed by atoms with E-state index in [0.717, 1.165) is 28.0 Å². The Bertz CT molecular complexity index is 1750. The molecule has 2 aliphatic heterocycles. The van der Waals surface area contributed by atoms with E-state index in [1.807, 2.05) is 13.8 Å². The molecular formula is C22H20N4O8S4. The Labute approximate surface area is 226 Å². The van der Waals surface area contributed by atoms with Gasteiger partial charge in [0.25, 0.3) is 15.9 Å². The van der Waals surface area contributed by atoms with E-state index in [1.165, 1.54) is 0 Å². The summed E-state index contributed by atoms with van der Waals surface area (Å²) in [6.45, 7) is 4.43. The molecule has 2 aromatic carbocycles. The van der Waals surface area contributed by atoms with Crippen LogP contribution >= 0.6 is 23.1 Å². The van der Waals surface area contributed by atoms with E-state index in [1.54, 1.807) is 36.4 Å². The van der Waals surface area contributed by atoms with Gasteiger partial charge >= 0.3 is 0 Å². The van der Waals surface area contributed by atoms with Crippen molar-refractivity contribution in [3.63, 3.8) is 0 Å². The van der Waals surface area contributed by atoms with Gasteiger partial charge < -0.3 is 14.6 Å². The largest absolute Gasteiger partial charge is 0.509 e. The zero-order chi connectivity index (χ0) is 27.2. The van der Waals surface area contributed by atoms with Crippen molar-refractivity contribution in [2.24, 2.45) is 4.40 Å². The molecule has 0 radical (unpaired) electrons. The summed E-state index contributed by atoms with van der Waals surface area (Å²) in [6.07, 6.45) is 0. The number of nitrogens with one attached hydrogen (secondary N) is 1. The van der Waals surface area contributed by atoms with Crippen LogP contribution in [0.1, 0.15) is 13.8 Å². The number of anilines is 2. The van der Waals surface area contributed by atoms with Crippen LogP contribution < -0.4 is 19.1 Å². The molecule has 12 nitrogen and oxygen atoms in total. The Kier molecular flexibility index (Phi) is 6.75. The maximum absolute atomic E-state index is 13.3. The maximum atomic E-state index is 13.3. The standard InChI is InChI=1S/C22H20N4O8S4/c1-3-33-12-8-9-14-17(10-12)35-22-25-38(31,32)19(20(28)26(14)22)15(27)11-37(29,30)24-21-23-13-6-5-7-16(34-4-2)18(13)36-21/h5-10,27H,3-4,11H2,1-2H3,(H,23,24)/b19-15+. The Morgan fingerprint density at radius 1 is 1.16 bits per heavy atom. The van der Waals surface area contributed by atoms with E-state index in [-0.39, 0.29) is 10.3 Å².